The Hall–Kier alpha value is -1.20. The zero-order valence-electron chi connectivity index (χ0n) is 12.0. The fourth-order valence-corrected chi connectivity index (χ4v) is 3.44. The van der Waals surface area contributed by atoms with Gasteiger partial charge < -0.3 is 5.73 Å². The van der Waals surface area contributed by atoms with E-state index in [0.717, 1.165) is 27.9 Å². The summed E-state index contributed by atoms with van der Waals surface area (Å²) in [5.74, 6) is 0. The number of anilines is 1. The van der Waals surface area contributed by atoms with Gasteiger partial charge >= 0.3 is 0 Å². The van der Waals surface area contributed by atoms with Crippen LogP contribution in [0.4, 0.5) is 5.69 Å². The van der Waals surface area contributed by atoms with Gasteiger partial charge in [0.1, 0.15) is 0 Å². The SMILES string of the molecule is CSc1cc(N)cc(SC(C)Cc2cc(C)ccn2)n1. The topological polar surface area (TPSA) is 51.8 Å². The summed E-state index contributed by atoms with van der Waals surface area (Å²) in [7, 11) is 0. The summed E-state index contributed by atoms with van der Waals surface area (Å²) in [5, 5.41) is 2.36. The van der Waals surface area contributed by atoms with Crippen molar-refractivity contribution in [2.45, 2.75) is 35.6 Å². The van der Waals surface area contributed by atoms with E-state index in [0.29, 0.717) is 5.25 Å². The van der Waals surface area contributed by atoms with E-state index in [1.54, 1.807) is 23.5 Å². The second kappa shape index (κ2) is 6.99. The highest BCUT2D eigenvalue weighted by Gasteiger charge is 2.09. The first kappa shape index (κ1) is 15.2. The lowest BCUT2D eigenvalue weighted by Crippen LogP contribution is -2.04. The van der Waals surface area contributed by atoms with Crippen molar-refractivity contribution in [2.75, 3.05) is 12.0 Å². The average Bonchev–Trinajstić information content (AvgIpc) is 2.37. The van der Waals surface area contributed by atoms with Gasteiger partial charge in [0.15, 0.2) is 0 Å². The maximum Gasteiger partial charge on any atom is 0.0996 e. The fourth-order valence-electron chi connectivity index (χ4n) is 1.92. The Morgan fingerprint density at radius 2 is 2.00 bits per heavy atom. The molecule has 2 aromatic heterocycles. The van der Waals surface area contributed by atoms with E-state index >= 15 is 0 Å². The van der Waals surface area contributed by atoms with Crippen LogP contribution in [0.25, 0.3) is 0 Å². The highest BCUT2D eigenvalue weighted by molar-refractivity contribution is 8.00. The minimum Gasteiger partial charge on any atom is -0.399 e. The average molecular weight is 305 g/mol. The van der Waals surface area contributed by atoms with Gasteiger partial charge in [-0.15, -0.1) is 23.5 Å². The summed E-state index contributed by atoms with van der Waals surface area (Å²) in [6.45, 7) is 4.28. The van der Waals surface area contributed by atoms with E-state index in [1.807, 2.05) is 30.7 Å². The zero-order valence-corrected chi connectivity index (χ0v) is 13.6. The summed E-state index contributed by atoms with van der Waals surface area (Å²) in [5.41, 5.74) is 9.05. The van der Waals surface area contributed by atoms with Gasteiger partial charge in [0.05, 0.1) is 10.1 Å². The van der Waals surface area contributed by atoms with Crippen LogP contribution in [0.1, 0.15) is 18.2 Å². The molecule has 0 aliphatic heterocycles. The molecule has 2 heterocycles. The van der Waals surface area contributed by atoms with Crippen molar-refractivity contribution in [2.24, 2.45) is 0 Å². The van der Waals surface area contributed by atoms with Crippen molar-refractivity contribution >= 4 is 29.2 Å². The Labute approximate surface area is 128 Å². The van der Waals surface area contributed by atoms with Crippen LogP contribution in [0.2, 0.25) is 0 Å². The highest BCUT2D eigenvalue weighted by Crippen LogP contribution is 2.27. The van der Waals surface area contributed by atoms with Gasteiger partial charge in [-0.2, -0.15) is 0 Å². The maximum absolute atomic E-state index is 5.90. The molecule has 2 rings (SSSR count). The number of hydrogen-bond donors (Lipinski definition) is 1. The van der Waals surface area contributed by atoms with Crippen LogP contribution in [-0.4, -0.2) is 21.5 Å². The van der Waals surface area contributed by atoms with Gasteiger partial charge in [-0.25, -0.2) is 4.98 Å². The molecule has 20 heavy (non-hydrogen) atoms. The molecule has 5 heteroatoms. The third kappa shape index (κ3) is 4.42. The molecule has 0 saturated carbocycles. The molecule has 0 saturated heterocycles. The van der Waals surface area contributed by atoms with Crippen molar-refractivity contribution in [3.05, 3.63) is 41.7 Å². The molecule has 0 aromatic carbocycles. The number of rotatable bonds is 5. The Bertz CT molecular complexity index is 587. The van der Waals surface area contributed by atoms with Crippen LogP contribution >= 0.6 is 23.5 Å². The number of nitrogens with two attached hydrogens (primary N) is 1. The number of aryl methyl sites for hydroxylation is 1. The minimum atomic E-state index is 0.410. The summed E-state index contributed by atoms with van der Waals surface area (Å²) in [6.07, 6.45) is 4.81. The van der Waals surface area contributed by atoms with E-state index < -0.39 is 0 Å². The Kier molecular flexibility index (Phi) is 5.31. The van der Waals surface area contributed by atoms with Gasteiger partial charge in [-0.3, -0.25) is 4.98 Å². The van der Waals surface area contributed by atoms with E-state index in [4.69, 9.17) is 5.73 Å². The number of aromatic nitrogens is 2. The molecule has 0 bridgehead atoms. The fraction of sp³-hybridized carbons (Fsp3) is 0.333. The Balaban J connectivity index is 2.04. The molecular formula is C15H19N3S2. The summed E-state index contributed by atoms with van der Waals surface area (Å²) in [6, 6.07) is 7.99. The van der Waals surface area contributed by atoms with Crippen molar-refractivity contribution in [3.8, 4) is 0 Å². The molecule has 2 aromatic rings. The van der Waals surface area contributed by atoms with Crippen molar-refractivity contribution in [3.63, 3.8) is 0 Å². The predicted molar refractivity (Wildman–Crippen MR) is 88.4 cm³/mol. The number of nitrogens with zero attached hydrogens (tertiary/aromatic N) is 2. The summed E-state index contributed by atoms with van der Waals surface area (Å²) < 4.78 is 0. The lowest BCUT2D eigenvalue weighted by Gasteiger charge is -2.11. The van der Waals surface area contributed by atoms with Crippen molar-refractivity contribution < 1.29 is 0 Å². The van der Waals surface area contributed by atoms with E-state index in [2.05, 4.69) is 29.9 Å². The molecule has 0 radical (unpaired) electrons. The van der Waals surface area contributed by atoms with Crippen molar-refractivity contribution in [1.29, 1.82) is 0 Å². The molecular weight excluding hydrogens is 286 g/mol. The first-order valence-corrected chi connectivity index (χ1v) is 8.57. The molecule has 106 valence electrons. The molecule has 1 atom stereocenters. The molecule has 0 aliphatic rings. The number of pyridine rings is 2. The lowest BCUT2D eigenvalue weighted by atomic mass is 10.2. The largest absolute Gasteiger partial charge is 0.399 e. The monoisotopic (exact) mass is 305 g/mol. The summed E-state index contributed by atoms with van der Waals surface area (Å²) >= 11 is 3.36. The molecule has 0 spiro atoms. The van der Waals surface area contributed by atoms with Crippen molar-refractivity contribution in [1.82, 2.24) is 9.97 Å². The normalized spacial score (nSPS) is 12.3. The zero-order chi connectivity index (χ0) is 14.5. The van der Waals surface area contributed by atoms with Crippen LogP contribution in [0.5, 0.6) is 0 Å². The smallest absolute Gasteiger partial charge is 0.0996 e. The van der Waals surface area contributed by atoms with Gasteiger partial charge in [0, 0.05) is 29.2 Å². The first-order chi connectivity index (χ1) is 9.56. The first-order valence-electron chi connectivity index (χ1n) is 6.46. The van der Waals surface area contributed by atoms with Crippen LogP contribution in [0.15, 0.2) is 40.5 Å². The second-order valence-electron chi connectivity index (χ2n) is 4.74. The third-order valence-electron chi connectivity index (χ3n) is 2.80. The lowest BCUT2D eigenvalue weighted by molar-refractivity contribution is 0.889. The molecule has 0 amide bonds. The number of thioether (sulfide) groups is 2. The van der Waals surface area contributed by atoms with E-state index in [1.165, 1.54) is 5.56 Å². The predicted octanol–water partition coefficient (Wildman–Crippen LogP) is 3.81. The minimum absolute atomic E-state index is 0.410. The number of hydrogen-bond acceptors (Lipinski definition) is 5. The molecule has 3 nitrogen and oxygen atoms in total. The second-order valence-corrected chi connectivity index (χ2v) is 7.02. The maximum atomic E-state index is 5.90. The van der Waals surface area contributed by atoms with Crippen LogP contribution < -0.4 is 5.73 Å². The molecule has 2 N–H and O–H groups in total. The van der Waals surface area contributed by atoms with E-state index in [9.17, 15) is 0 Å². The number of nitrogen functional groups attached to an aromatic ring is 1. The molecule has 0 fully saturated rings. The highest BCUT2D eigenvalue weighted by atomic mass is 32.2. The quantitative estimate of drug-likeness (QED) is 0.851. The van der Waals surface area contributed by atoms with Crippen LogP contribution in [0.3, 0.4) is 0 Å². The summed E-state index contributed by atoms with van der Waals surface area (Å²) in [4.78, 5) is 8.99. The Morgan fingerprint density at radius 1 is 1.25 bits per heavy atom. The molecule has 1 unspecified atom stereocenters. The van der Waals surface area contributed by atoms with Gasteiger partial charge in [-0.05, 0) is 43.0 Å². The standard InChI is InChI=1S/C15H19N3S2/c1-10-4-5-17-13(6-10)7-11(2)20-15-9-12(16)8-14(18-15)19-3/h4-6,8-9,11H,7H2,1-3H3,(H2,16,18). The third-order valence-corrected chi connectivity index (χ3v) is 4.45. The van der Waals surface area contributed by atoms with Crippen LogP contribution in [0, 0.1) is 6.92 Å². The molecule has 0 aliphatic carbocycles. The Morgan fingerprint density at radius 3 is 2.70 bits per heavy atom. The van der Waals surface area contributed by atoms with Gasteiger partial charge in [0.2, 0.25) is 0 Å². The van der Waals surface area contributed by atoms with E-state index in [-0.39, 0.29) is 0 Å². The van der Waals surface area contributed by atoms with Gasteiger partial charge in [0.25, 0.3) is 0 Å². The van der Waals surface area contributed by atoms with Crippen LogP contribution in [-0.2, 0) is 6.42 Å². The van der Waals surface area contributed by atoms with Gasteiger partial charge in [-0.1, -0.05) is 6.92 Å².